The second kappa shape index (κ2) is 3.52. The maximum Gasteiger partial charge on any atom is 0.105 e. The van der Waals surface area contributed by atoms with E-state index >= 15 is 0 Å². The standard InChI is InChI=1S/C10H15NO2/c1-7-8(4-6-13-7)10-9(12)3-2-5-11-10/h4,6,9-12H,2-3,5H2,1H3. The molecule has 1 aliphatic heterocycles. The molecule has 3 nitrogen and oxygen atoms in total. The summed E-state index contributed by atoms with van der Waals surface area (Å²) in [7, 11) is 0. The summed E-state index contributed by atoms with van der Waals surface area (Å²) in [4.78, 5) is 0. The summed E-state index contributed by atoms with van der Waals surface area (Å²) >= 11 is 0. The molecule has 0 spiro atoms. The van der Waals surface area contributed by atoms with E-state index in [1.165, 1.54) is 0 Å². The Hall–Kier alpha value is -0.800. The molecule has 1 aliphatic rings. The molecule has 2 rings (SSSR count). The number of hydrogen-bond acceptors (Lipinski definition) is 3. The Labute approximate surface area is 77.8 Å². The number of aliphatic hydroxyl groups is 1. The molecule has 2 N–H and O–H groups in total. The molecule has 3 heteroatoms. The zero-order valence-electron chi connectivity index (χ0n) is 7.79. The first-order valence-electron chi connectivity index (χ1n) is 4.74. The van der Waals surface area contributed by atoms with Crippen molar-refractivity contribution < 1.29 is 9.52 Å². The van der Waals surface area contributed by atoms with E-state index < -0.39 is 0 Å². The average Bonchev–Trinajstić information content (AvgIpc) is 2.52. The first-order chi connectivity index (χ1) is 6.29. The number of piperidine rings is 1. The molecule has 0 radical (unpaired) electrons. The highest BCUT2D eigenvalue weighted by Gasteiger charge is 2.26. The zero-order valence-corrected chi connectivity index (χ0v) is 7.79. The van der Waals surface area contributed by atoms with Gasteiger partial charge in [-0.3, -0.25) is 0 Å². The largest absolute Gasteiger partial charge is 0.469 e. The van der Waals surface area contributed by atoms with Crippen LogP contribution in [0.4, 0.5) is 0 Å². The van der Waals surface area contributed by atoms with Gasteiger partial charge in [-0.25, -0.2) is 0 Å². The number of nitrogens with one attached hydrogen (secondary N) is 1. The van der Waals surface area contributed by atoms with E-state index in [9.17, 15) is 5.11 Å². The lowest BCUT2D eigenvalue weighted by atomic mass is 9.95. The van der Waals surface area contributed by atoms with E-state index in [4.69, 9.17) is 4.42 Å². The van der Waals surface area contributed by atoms with Gasteiger partial charge in [-0.2, -0.15) is 0 Å². The van der Waals surface area contributed by atoms with Crippen molar-refractivity contribution in [1.29, 1.82) is 0 Å². The molecular formula is C10H15NO2. The molecule has 2 unspecified atom stereocenters. The van der Waals surface area contributed by atoms with Crippen LogP contribution in [0.2, 0.25) is 0 Å². The third kappa shape index (κ3) is 1.62. The van der Waals surface area contributed by atoms with Gasteiger partial charge in [-0.05, 0) is 32.4 Å². The van der Waals surface area contributed by atoms with Gasteiger partial charge in [-0.15, -0.1) is 0 Å². The minimum Gasteiger partial charge on any atom is -0.469 e. The number of rotatable bonds is 1. The fourth-order valence-corrected chi connectivity index (χ4v) is 1.91. The van der Waals surface area contributed by atoms with Gasteiger partial charge in [0.05, 0.1) is 18.4 Å². The van der Waals surface area contributed by atoms with Crippen LogP contribution in [-0.4, -0.2) is 17.8 Å². The Balaban J connectivity index is 2.19. The highest BCUT2D eigenvalue weighted by Crippen LogP contribution is 2.26. The SMILES string of the molecule is Cc1occc1C1NCCCC1O. The molecule has 1 aromatic heterocycles. The second-order valence-corrected chi connectivity index (χ2v) is 3.57. The monoisotopic (exact) mass is 181 g/mol. The smallest absolute Gasteiger partial charge is 0.105 e. The fourth-order valence-electron chi connectivity index (χ4n) is 1.91. The summed E-state index contributed by atoms with van der Waals surface area (Å²) in [5, 5.41) is 13.1. The lowest BCUT2D eigenvalue weighted by Crippen LogP contribution is -2.37. The Morgan fingerprint density at radius 3 is 3.08 bits per heavy atom. The Kier molecular flexibility index (Phi) is 2.38. The van der Waals surface area contributed by atoms with Crippen LogP contribution >= 0.6 is 0 Å². The normalized spacial score (nSPS) is 29.1. The van der Waals surface area contributed by atoms with E-state index in [2.05, 4.69) is 5.32 Å². The lowest BCUT2D eigenvalue weighted by Gasteiger charge is -2.28. The first kappa shape index (κ1) is 8.78. The third-order valence-corrected chi connectivity index (χ3v) is 2.66. The van der Waals surface area contributed by atoms with Gasteiger partial charge in [-0.1, -0.05) is 0 Å². The number of furan rings is 1. The van der Waals surface area contributed by atoms with Gasteiger partial charge in [0.1, 0.15) is 5.76 Å². The van der Waals surface area contributed by atoms with Gasteiger partial charge in [0.15, 0.2) is 0 Å². The van der Waals surface area contributed by atoms with Crippen molar-refractivity contribution in [2.24, 2.45) is 0 Å². The van der Waals surface area contributed by atoms with Gasteiger partial charge in [0, 0.05) is 5.56 Å². The predicted molar refractivity (Wildman–Crippen MR) is 49.4 cm³/mol. The van der Waals surface area contributed by atoms with Crippen LogP contribution in [0, 0.1) is 6.92 Å². The Morgan fingerprint density at radius 1 is 1.62 bits per heavy atom. The summed E-state index contributed by atoms with van der Waals surface area (Å²) in [6.07, 6.45) is 3.33. The van der Waals surface area contributed by atoms with Crippen molar-refractivity contribution in [1.82, 2.24) is 5.32 Å². The predicted octanol–water partition coefficient (Wildman–Crippen LogP) is 1.37. The van der Waals surface area contributed by atoms with Gasteiger partial charge in [0.25, 0.3) is 0 Å². The molecule has 72 valence electrons. The maximum atomic E-state index is 9.76. The summed E-state index contributed by atoms with van der Waals surface area (Å²) in [6.45, 7) is 2.91. The van der Waals surface area contributed by atoms with Crippen molar-refractivity contribution in [3.05, 3.63) is 23.7 Å². The quantitative estimate of drug-likeness (QED) is 0.688. The van der Waals surface area contributed by atoms with Crippen LogP contribution in [0.1, 0.15) is 30.2 Å². The molecule has 13 heavy (non-hydrogen) atoms. The van der Waals surface area contributed by atoms with E-state index in [1.54, 1.807) is 6.26 Å². The van der Waals surface area contributed by atoms with Crippen molar-refractivity contribution in [3.8, 4) is 0 Å². The van der Waals surface area contributed by atoms with Crippen LogP contribution in [0.25, 0.3) is 0 Å². The van der Waals surface area contributed by atoms with Gasteiger partial charge >= 0.3 is 0 Å². The van der Waals surface area contributed by atoms with Crippen molar-refractivity contribution in [3.63, 3.8) is 0 Å². The average molecular weight is 181 g/mol. The van der Waals surface area contributed by atoms with E-state index in [-0.39, 0.29) is 12.1 Å². The van der Waals surface area contributed by atoms with Crippen molar-refractivity contribution in [2.45, 2.75) is 31.9 Å². The van der Waals surface area contributed by atoms with Crippen LogP contribution in [0.5, 0.6) is 0 Å². The highest BCUT2D eigenvalue weighted by molar-refractivity contribution is 5.22. The molecule has 0 aromatic carbocycles. The van der Waals surface area contributed by atoms with E-state index in [0.29, 0.717) is 0 Å². The molecule has 0 bridgehead atoms. The van der Waals surface area contributed by atoms with E-state index in [1.807, 2.05) is 13.0 Å². The van der Waals surface area contributed by atoms with Gasteiger partial charge in [0.2, 0.25) is 0 Å². The minimum absolute atomic E-state index is 0.0625. The number of aryl methyl sites for hydroxylation is 1. The summed E-state index contributed by atoms with van der Waals surface area (Å²) in [6, 6.07) is 1.99. The molecular weight excluding hydrogens is 166 g/mol. The molecule has 2 atom stereocenters. The van der Waals surface area contributed by atoms with Gasteiger partial charge < -0.3 is 14.8 Å². The van der Waals surface area contributed by atoms with Crippen LogP contribution in [-0.2, 0) is 0 Å². The number of hydrogen-bond donors (Lipinski definition) is 2. The van der Waals surface area contributed by atoms with Crippen molar-refractivity contribution in [2.75, 3.05) is 6.54 Å². The molecule has 1 saturated heterocycles. The summed E-state index contributed by atoms with van der Waals surface area (Å²) in [5.41, 5.74) is 1.09. The molecule has 2 heterocycles. The third-order valence-electron chi connectivity index (χ3n) is 2.66. The molecule has 0 amide bonds. The topological polar surface area (TPSA) is 45.4 Å². The summed E-state index contributed by atoms with van der Waals surface area (Å²) < 4.78 is 5.21. The fraction of sp³-hybridized carbons (Fsp3) is 0.600. The Bertz CT molecular complexity index is 282. The Morgan fingerprint density at radius 2 is 2.46 bits per heavy atom. The van der Waals surface area contributed by atoms with Crippen LogP contribution in [0.3, 0.4) is 0 Å². The zero-order chi connectivity index (χ0) is 9.26. The molecule has 0 aliphatic carbocycles. The minimum atomic E-state index is -0.273. The van der Waals surface area contributed by atoms with Crippen molar-refractivity contribution >= 4 is 0 Å². The van der Waals surface area contributed by atoms with Crippen LogP contribution < -0.4 is 5.32 Å². The molecule has 1 aromatic rings. The van der Waals surface area contributed by atoms with Crippen LogP contribution in [0.15, 0.2) is 16.7 Å². The molecule has 1 fully saturated rings. The summed E-state index contributed by atoms with van der Waals surface area (Å²) in [5.74, 6) is 0.901. The highest BCUT2D eigenvalue weighted by atomic mass is 16.3. The van der Waals surface area contributed by atoms with E-state index in [0.717, 1.165) is 30.7 Å². The first-order valence-corrected chi connectivity index (χ1v) is 4.74. The lowest BCUT2D eigenvalue weighted by molar-refractivity contribution is 0.0958. The second-order valence-electron chi connectivity index (χ2n) is 3.57. The molecule has 0 saturated carbocycles. The maximum absolute atomic E-state index is 9.76. The number of aliphatic hydroxyl groups excluding tert-OH is 1.